The number of primary amides is 1. The summed E-state index contributed by atoms with van der Waals surface area (Å²) in [6, 6.07) is 9.70. The zero-order chi connectivity index (χ0) is 23.0. The minimum absolute atomic E-state index is 0.212. The molecule has 0 saturated heterocycles. The van der Waals surface area contributed by atoms with E-state index in [-0.39, 0.29) is 11.6 Å². The molecule has 8 nitrogen and oxygen atoms in total. The highest BCUT2D eigenvalue weighted by Gasteiger charge is 2.21. The molecule has 0 atom stereocenters. The number of aromatic nitrogens is 3. The lowest BCUT2D eigenvalue weighted by atomic mass is 9.96. The highest BCUT2D eigenvalue weighted by Crippen LogP contribution is 2.38. The summed E-state index contributed by atoms with van der Waals surface area (Å²) < 4.78 is 19.8. The number of carbonyl (C=O) groups excluding carboxylic acids is 1. The van der Waals surface area contributed by atoms with Crippen LogP contribution in [0.4, 0.5) is 15.2 Å². The van der Waals surface area contributed by atoms with E-state index in [1.54, 1.807) is 38.1 Å². The van der Waals surface area contributed by atoms with Crippen molar-refractivity contribution < 1.29 is 19.0 Å². The van der Waals surface area contributed by atoms with Gasteiger partial charge in [0.1, 0.15) is 22.2 Å². The van der Waals surface area contributed by atoms with Crippen molar-refractivity contribution in [1.29, 1.82) is 0 Å². The van der Waals surface area contributed by atoms with E-state index < -0.39 is 17.3 Å². The Morgan fingerprint density at radius 1 is 1.19 bits per heavy atom. The van der Waals surface area contributed by atoms with Crippen LogP contribution in [0.2, 0.25) is 0 Å². The number of nitrogens with two attached hydrogens (primary N) is 1. The number of thiophene rings is 1. The molecule has 1 amide bonds. The average Bonchev–Trinajstić information content (AvgIpc) is 3.16. The predicted molar refractivity (Wildman–Crippen MR) is 121 cm³/mol. The fraction of sp³-hybridized carbons (Fsp3) is 0.182. The Kier molecular flexibility index (Phi) is 5.49. The maximum absolute atomic E-state index is 14.8. The molecule has 4 N–H and O–H groups in total. The topological polar surface area (TPSA) is 123 Å². The Balaban J connectivity index is 1.70. The third-order valence-corrected chi connectivity index (χ3v) is 5.86. The predicted octanol–water partition coefficient (Wildman–Crippen LogP) is 3.97. The summed E-state index contributed by atoms with van der Waals surface area (Å²) in [6.45, 7) is 3.16. The Morgan fingerprint density at radius 2 is 1.97 bits per heavy atom. The Morgan fingerprint density at radius 3 is 2.62 bits per heavy atom. The summed E-state index contributed by atoms with van der Waals surface area (Å²) in [6.07, 6.45) is 1.53. The van der Waals surface area contributed by atoms with Crippen LogP contribution in [0, 0.1) is 5.82 Å². The lowest BCUT2D eigenvalue weighted by Crippen LogP contribution is -2.15. The fourth-order valence-electron chi connectivity index (χ4n) is 3.08. The van der Waals surface area contributed by atoms with Gasteiger partial charge in [-0.25, -0.2) is 14.4 Å². The molecule has 164 valence electrons. The van der Waals surface area contributed by atoms with Gasteiger partial charge in [0.15, 0.2) is 0 Å². The van der Waals surface area contributed by atoms with Gasteiger partial charge in [0, 0.05) is 10.4 Å². The fourth-order valence-corrected chi connectivity index (χ4v) is 4.18. The zero-order valence-corrected chi connectivity index (χ0v) is 18.3. The van der Waals surface area contributed by atoms with Gasteiger partial charge >= 0.3 is 6.01 Å². The van der Waals surface area contributed by atoms with Gasteiger partial charge in [-0.3, -0.25) is 4.79 Å². The van der Waals surface area contributed by atoms with E-state index >= 15 is 0 Å². The van der Waals surface area contributed by atoms with Crippen LogP contribution in [-0.4, -0.2) is 33.1 Å². The highest BCUT2D eigenvalue weighted by atomic mass is 32.1. The molecule has 32 heavy (non-hydrogen) atoms. The van der Waals surface area contributed by atoms with Crippen LogP contribution in [0.5, 0.6) is 6.01 Å². The van der Waals surface area contributed by atoms with Gasteiger partial charge in [0.05, 0.1) is 30.0 Å². The molecule has 0 saturated carbocycles. The molecule has 0 spiro atoms. The number of rotatable bonds is 6. The summed E-state index contributed by atoms with van der Waals surface area (Å²) in [4.78, 5) is 25.2. The van der Waals surface area contributed by atoms with Crippen LogP contribution >= 0.6 is 11.3 Å². The molecule has 0 radical (unpaired) electrons. The molecule has 1 aromatic carbocycles. The van der Waals surface area contributed by atoms with E-state index in [2.05, 4.69) is 20.3 Å². The number of hydrogen-bond acceptors (Lipinski definition) is 8. The van der Waals surface area contributed by atoms with Gasteiger partial charge in [-0.2, -0.15) is 4.98 Å². The third kappa shape index (κ3) is 4.23. The van der Waals surface area contributed by atoms with Crippen LogP contribution in [0.1, 0.15) is 29.8 Å². The molecular formula is C22H20FN5O3S. The van der Waals surface area contributed by atoms with E-state index in [0.717, 1.165) is 0 Å². The number of halogens is 1. The Bertz CT molecular complexity index is 1330. The number of anilines is 2. The van der Waals surface area contributed by atoms with Gasteiger partial charge < -0.3 is 20.9 Å². The summed E-state index contributed by atoms with van der Waals surface area (Å²) in [7, 11) is 1.48. The van der Waals surface area contributed by atoms with Crippen LogP contribution in [0.3, 0.4) is 0 Å². The summed E-state index contributed by atoms with van der Waals surface area (Å²) in [5, 5.41) is 13.6. The lowest BCUT2D eigenvalue weighted by molar-refractivity contribution is 0.0782. The van der Waals surface area contributed by atoms with Crippen molar-refractivity contribution >= 4 is 39.1 Å². The smallest absolute Gasteiger partial charge is 0.316 e. The molecule has 4 rings (SSSR count). The number of amides is 1. The Hall–Kier alpha value is -3.63. The number of nitrogens with zero attached hydrogens (tertiary/aromatic N) is 3. The number of benzene rings is 1. The minimum atomic E-state index is -1.17. The number of aliphatic hydroxyl groups is 1. The van der Waals surface area contributed by atoms with Crippen molar-refractivity contribution in [1.82, 2.24) is 15.0 Å². The number of carbonyl (C=O) groups is 1. The van der Waals surface area contributed by atoms with E-state index in [9.17, 15) is 14.3 Å². The molecular weight excluding hydrogens is 433 g/mol. The van der Waals surface area contributed by atoms with Gasteiger partial charge in [-0.05, 0) is 43.7 Å². The van der Waals surface area contributed by atoms with E-state index in [4.69, 9.17) is 10.5 Å². The van der Waals surface area contributed by atoms with Crippen LogP contribution in [0.25, 0.3) is 21.5 Å². The summed E-state index contributed by atoms with van der Waals surface area (Å²) in [5.74, 6) is -0.722. The lowest BCUT2D eigenvalue weighted by Gasteiger charge is -2.18. The zero-order valence-electron chi connectivity index (χ0n) is 17.5. The second-order valence-corrected chi connectivity index (χ2v) is 8.61. The number of hydrogen-bond donors (Lipinski definition) is 3. The number of methoxy groups -OCH3 is 1. The molecule has 0 aliphatic rings. The molecule has 0 aliphatic heterocycles. The number of pyridine rings is 1. The molecule has 0 fully saturated rings. The number of ether oxygens (including phenoxy) is 1. The first-order valence-corrected chi connectivity index (χ1v) is 10.4. The third-order valence-electron chi connectivity index (χ3n) is 4.78. The van der Waals surface area contributed by atoms with Gasteiger partial charge in [-0.15, -0.1) is 11.3 Å². The first kappa shape index (κ1) is 21.6. The normalized spacial score (nSPS) is 11.5. The average molecular weight is 453 g/mol. The van der Waals surface area contributed by atoms with Crippen LogP contribution in [-0.2, 0) is 5.60 Å². The standard InChI is InChI=1S/C22H20FN5O3S/c1-22(2,30)11-4-5-12(14(23)8-11)17-9-13(19(24)29)20(32-17)28-18-7-6-15-16(26-18)10-25-21(27-15)31-3/h4-10,30H,1-3H3,(H2,24,29)(H,26,28). The molecule has 4 aromatic rings. The van der Waals surface area contributed by atoms with Crippen molar-refractivity contribution in [3.63, 3.8) is 0 Å². The van der Waals surface area contributed by atoms with E-state index in [0.29, 0.717) is 37.9 Å². The monoisotopic (exact) mass is 453 g/mol. The largest absolute Gasteiger partial charge is 0.467 e. The highest BCUT2D eigenvalue weighted by molar-refractivity contribution is 7.20. The second kappa shape index (κ2) is 8.13. The molecule has 3 heterocycles. The van der Waals surface area contributed by atoms with Crippen molar-refractivity contribution in [2.75, 3.05) is 12.4 Å². The van der Waals surface area contributed by atoms with Crippen molar-refractivity contribution in [2.24, 2.45) is 5.73 Å². The quantitative estimate of drug-likeness (QED) is 0.404. The Labute approximate surface area is 186 Å². The molecule has 10 heteroatoms. The SMILES string of the molecule is COc1ncc2nc(Nc3sc(-c4ccc(C(C)(C)O)cc4F)cc3C(N)=O)ccc2n1. The first-order valence-electron chi connectivity index (χ1n) is 9.57. The van der Waals surface area contributed by atoms with Gasteiger partial charge in [-0.1, -0.05) is 12.1 Å². The minimum Gasteiger partial charge on any atom is -0.467 e. The molecule has 0 bridgehead atoms. The first-order chi connectivity index (χ1) is 15.2. The molecule has 0 aliphatic carbocycles. The van der Waals surface area contributed by atoms with Crippen LogP contribution in [0.15, 0.2) is 42.6 Å². The maximum atomic E-state index is 14.8. The summed E-state index contributed by atoms with van der Waals surface area (Å²) >= 11 is 1.17. The van der Waals surface area contributed by atoms with Crippen LogP contribution < -0.4 is 15.8 Å². The maximum Gasteiger partial charge on any atom is 0.316 e. The second-order valence-electron chi connectivity index (χ2n) is 7.55. The van der Waals surface area contributed by atoms with Crippen molar-refractivity contribution in [2.45, 2.75) is 19.4 Å². The van der Waals surface area contributed by atoms with E-state index in [1.165, 1.54) is 36.8 Å². The molecule has 3 aromatic heterocycles. The molecule has 0 unspecified atom stereocenters. The van der Waals surface area contributed by atoms with Crippen molar-refractivity contribution in [3.05, 3.63) is 59.5 Å². The van der Waals surface area contributed by atoms with Gasteiger partial charge in [0.25, 0.3) is 5.91 Å². The summed E-state index contributed by atoms with van der Waals surface area (Å²) in [5.41, 5.74) is 6.46. The number of nitrogens with one attached hydrogen (secondary N) is 1. The van der Waals surface area contributed by atoms with E-state index in [1.807, 2.05) is 0 Å². The number of fused-ring (bicyclic) bond motifs is 1. The van der Waals surface area contributed by atoms with Crippen molar-refractivity contribution in [3.8, 4) is 16.5 Å². The van der Waals surface area contributed by atoms with Gasteiger partial charge in [0.2, 0.25) is 0 Å².